The van der Waals surface area contributed by atoms with Gasteiger partial charge in [-0.25, -0.2) is 0 Å². The van der Waals surface area contributed by atoms with Crippen LogP contribution in [0, 0.1) is 0 Å². The molecule has 1 aliphatic heterocycles. The second-order valence-corrected chi connectivity index (χ2v) is 5.62. The van der Waals surface area contributed by atoms with Crippen molar-refractivity contribution in [1.82, 2.24) is 5.32 Å². The van der Waals surface area contributed by atoms with Crippen molar-refractivity contribution >= 4 is 23.2 Å². The van der Waals surface area contributed by atoms with E-state index >= 15 is 0 Å². The Morgan fingerprint density at radius 3 is 2.81 bits per heavy atom. The number of nitrogens with one attached hydrogen (secondary N) is 3. The average Bonchev–Trinajstić information content (AvgIpc) is 2.80. The predicted octanol–water partition coefficient (Wildman–Crippen LogP) is 2.97. The van der Waals surface area contributed by atoms with Crippen molar-refractivity contribution in [3.05, 3.63) is 53.6 Å². The van der Waals surface area contributed by atoms with E-state index in [1.54, 1.807) is 36.4 Å². The number of halogens is 2. The fourth-order valence-electron chi connectivity index (χ4n) is 2.68. The van der Waals surface area contributed by atoms with Crippen LogP contribution in [0.4, 0.5) is 20.2 Å². The summed E-state index contributed by atoms with van der Waals surface area (Å²) >= 11 is 0. The zero-order chi connectivity index (χ0) is 18.5. The number of rotatable bonds is 5. The van der Waals surface area contributed by atoms with Gasteiger partial charge in [-0.15, -0.1) is 0 Å². The predicted molar refractivity (Wildman–Crippen MR) is 92.4 cm³/mol. The Morgan fingerprint density at radius 1 is 1.19 bits per heavy atom. The minimum atomic E-state index is -2.94. The maximum absolute atomic E-state index is 12.6. The van der Waals surface area contributed by atoms with Gasteiger partial charge in [0.05, 0.1) is 16.9 Å². The number of carbonyl (C=O) groups is 2. The van der Waals surface area contributed by atoms with Gasteiger partial charge in [-0.2, -0.15) is 8.78 Å². The molecule has 26 heavy (non-hydrogen) atoms. The number of amides is 2. The van der Waals surface area contributed by atoms with Gasteiger partial charge in [-0.05, 0) is 18.2 Å². The minimum Gasteiger partial charge on any atom is -0.434 e. The maximum atomic E-state index is 12.6. The number of ether oxygens (including phenoxy) is 1. The summed E-state index contributed by atoms with van der Waals surface area (Å²) in [6.45, 7) is -2.50. The van der Waals surface area contributed by atoms with Gasteiger partial charge in [0.1, 0.15) is 5.75 Å². The third kappa shape index (κ3) is 4.08. The maximum Gasteiger partial charge on any atom is 0.387 e. The van der Waals surface area contributed by atoms with Gasteiger partial charge in [0.2, 0.25) is 5.91 Å². The first-order valence-corrected chi connectivity index (χ1v) is 8.02. The Hall–Kier alpha value is -3.16. The highest BCUT2D eigenvalue weighted by molar-refractivity contribution is 6.06. The van der Waals surface area contributed by atoms with Crippen LogP contribution in [0.5, 0.6) is 5.75 Å². The molecule has 1 heterocycles. The summed E-state index contributed by atoms with van der Waals surface area (Å²) in [5.74, 6) is -0.510. The van der Waals surface area contributed by atoms with E-state index in [4.69, 9.17) is 0 Å². The van der Waals surface area contributed by atoms with E-state index in [0.29, 0.717) is 35.5 Å². The smallest absolute Gasteiger partial charge is 0.387 e. The number of anilines is 2. The Labute approximate surface area is 148 Å². The van der Waals surface area contributed by atoms with Crippen molar-refractivity contribution in [3.8, 4) is 5.75 Å². The van der Waals surface area contributed by atoms with E-state index in [9.17, 15) is 18.4 Å². The van der Waals surface area contributed by atoms with Crippen LogP contribution in [0.15, 0.2) is 42.5 Å². The van der Waals surface area contributed by atoms with Crippen LogP contribution in [-0.2, 0) is 11.3 Å². The van der Waals surface area contributed by atoms with E-state index in [2.05, 4.69) is 20.7 Å². The molecule has 0 aliphatic carbocycles. The molecule has 0 saturated carbocycles. The fraction of sp³-hybridized carbons (Fsp3) is 0.222. The van der Waals surface area contributed by atoms with E-state index in [-0.39, 0.29) is 18.2 Å². The minimum absolute atomic E-state index is 0.0140. The molecule has 0 fully saturated rings. The standard InChI is InChI=1S/C18H17F2N3O3/c19-18(20)26-14-7-2-1-4-11(14)10-22-17(25)12-5-3-6-13-16(12)21-9-8-15(24)23-13/h1-7,18,21H,8-10H2,(H,22,25)(H,23,24). The van der Waals surface area contributed by atoms with E-state index in [1.807, 2.05) is 0 Å². The monoisotopic (exact) mass is 361 g/mol. The Balaban J connectivity index is 1.76. The molecular formula is C18H17F2N3O3. The SMILES string of the molecule is O=C1CCNc2c(cccc2C(=O)NCc2ccccc2OC(F)F)N1. The molecule has 0 unspecified atom stereocenters. The molecule has 2 amide bonds. The number of hydrogen-bond acceptors (Lipinski definition) is 4. The van der Waals surface area contributed by atoms with Crippen molar-refractivity contribution in [2.75, 3.05) is 17.2 Å². The highest BCUT2D eigenvalue weighted by atomic mass is 19.3. The summed E-state index contributed by atoms with van der Waals surface area (Å²) in [6.07, 6.45) is 0.300. The second-order valence-electron chi connectivity index (χ2n) is 5.62. The first kappa shape index (κ1) is 17.7. The molecule has 0 atom stereocenters. The first-order valence-electron chi connectivity index (χ1n) is 8.02. The van der Waals surface area contributed by atoms with Crippen LogP contribution in [0.1, 0.15) is 22.3 Å². The molecule has 2 aromatic carbocycles. The van der Waals surface area contributed by atoms with Gasteiger partial charge in [-0.1, -0.05) is 24.3 Å². The van der Waals surface area contributed by atoms with Crippen molar-refractivity contribution in [3.63, 3.8) is 0 Å². The molecule has 136 valence electrons. The average molecular weight is 361 g/mol. The molecule has 2 aromatic rings. The third-order valence-electron chi connectivity index (χ3n) is 3.87. The summed E-state index contributed by atoms with van der Waals surface area (Å²) in [5, 5.41) is 8.50. The van der Waals surface area contributed by atoms with Crippen LogP contribution in [0.3, 0.4) is 0 Å². The lowest BCUT2D eigenvalue weighted by Crippen LogP contribution is -2.24. The lowest BCUT2D eigenvalue weighted by molar-refractivity contribution is -0.115. The van der Waals surface area contributed by atoms with Gasteiger partial charge in [-0.3, -0.25) is 9.59 Å². The Bertz CT molecular complexity index is 827. The summed E-state index contributed by atoms with van der Waals surface area (Å²) in [4.78, 5) is 24.2. The molecular weight excluding hydrogens is 344 g/mol. The highest BCUT2D eigenvalue weighted by Gasteiger charge is 2.19. The zero-order valence-electron chi connectivity index (χ0n) is 13.7. The van der Waals surface area contributed by atoms with Crippen LogP contribution >= 0.6 is 0 Å². The Kier molecular flexibility index (Phi) is 5.31. The number of para-hydroxylation sites is 2. The van der Waals surface area contributed by atoms with Gasteiger partial charge in [0.25, 0.3) is 5.91 Å². The topological polar surface area (TPSA) is 79.5 Å². The van der Waals surface area contributed by atoms with Gasteiger partial charge in [0, 0.05) is 25.1 Å². The summed E-state index contributed by atoms with van der Waals surface area (Å²) in [6, 6.07) is 11.3. The zero-order valence-corrected chi connectivity index (χ0v) is 13.7. The number of alkyl halides is 2. The van der Waals surface area contributed by atoms with Crippen molar-refractivity contribution < 1.29 is 23.1 Å². The van der Waals surface area contributed by atoms with Gasteiger partial charge < -0.3 is 20.7 Å². The molecule has 0 aromatic heterocycles. The van der Waals surface area contributed by atoms with Crippen LogP contribution in [0.25, 0.3) is 0 Å². The van der Waals surface area contributed by atoms with Gasteiger partial charge in [0.15, 0.2) is 0 Å². The lowest BCUT2D eigenvalue weighted by atomic mass is 10.1. The molecule has 0 bridgehead atoms. The van der Waals surface area contributed by atoms with Gasteiger partial charge >= 0.3 is 6.61 Å². The third-order valence-corrected chi connectivity index (χ3v) is 3.87. The van der Waals surface area contributed by atoms with Crippen molar-refractivity contribution in [2.24, 2.45) is 0 Å². The fourth-order valence-corrected chi connectivity index (χ4v) is 2.68. The number of fused-ring (bicyclic) bond motifs is 1. The normalized spacial score (nSPS) is 13.3. The molecule has 3 rings (SSSR count). The largest absolute Gasteiger partial charge is 0.434 e. The summed E-state index contributed by atoms with van der Waals surface area (Å²) in [7, 11) is 0. The number of carbonyl (C=O) groups excluding carboxylic acids is 2. The summed E-state index contributed by atoms with van der Waals surface area (Å²) in [5.41, 5.74) is 1.86. The highest BCUT2D eigenvalue weighted by Crippen LogP contribution is 2.28. The summed E-state index contributed by atoms with van der Waals surface area (Å²) < 4.78 is 29.4. The lowest BCUT2D eigenvalue weighted by Gasteiger charge is -2.15. The van der Waals surface area contributed by atoms with Crippen LogP contribution in [-0.4, -0.2) is 25.0 Å². The molecule has 3 N–H and O–H groups in total. The number of benzene rings is 2. The Morgan fingerprint density at radius 2 is 2.00 bits per heavy atom. The van der Waals surface area contributed by atoms with E-state index < -0.39 is 12.5 Å². The number of hydrogen-bond donors (Lipinski definition) is 3. The molecule has 0 radical (unpaired) electrons. The molecule has 0 spiro atoms. The molecule has 8 heteroatoms. The molecule has 0 saturated heterocycles. The van der Waals surface area contributed by atoms with Crippen LogP contribution in [0.2, 0.25) is 0 Å². The quantitative estimate of drug-likeness (QED) is 0.765. The molecule has 6 nitrogen and oxygen atoms in total. The first-order chi connectivity index (χ1) is 12.5. The van der Waals surface area contributed by atoms with Crippen LogP contribution < -0.4 is 20.7 Å². The van der Waals surface area contributed by atoms with Crippen molar-refractivity contribution in [1.29, 1.82) is 0 Å². The van der Waals surface area contributed by atoms with E-state index in [1.165, 1.54) is 6.07 Å². The second kappa shape index (κ2) is 7.81. The van der Waals surface area contributed by atoms with E-state index in [0.717, 1.165) is 0 Å². The van der Waals surface area contributed by atoms with Crippen molar-refractivity contribution in [2.45, 2.75) is 19.6 Å². The molecule has 1 aliphatic rings.